The van der Waals surface area contributed by atoms with Crippen LogP contribution in [0.25, 0.3) is 0 Å². The van der Waals surface area contributed by atoms with E-state index in [9.17, 15) is 17.6 Å². The van der Waals surface area contributed by atoms with Gasteiger partial charge in [0.25, 0.3) is 5.91 Å². The van der Waals surface area contributed by atoms with E-state index in [0.29, 0.717) is 6.42 Å². The summed E-state index contributed by atoms with van der Waals surface area (Å²) in [5.74, 6) is -1.18. The average molecular weight is 340 g/mol. The monoisotopic (exact) mass is 339 g/mol. The summed E-state index contributed by atoms with van der Waals surface area (Å²) in [4.78, 5) is 11.9. The third kappa shape index (κ3) is 3.62. The highest BCUT2D eigenvalue weighted by atomic mass is 35.5. The standard InChI is InChI=1S/C12H12Cl2FNO3S/c13-9-4-10(14)11(15)3-8(9)12(17)16-5-7-1-2-20(18,19)6-7/h3-4,7H,1-2,5-6H2,(H,16,17)/t7-/m1/s1. The third-order valence-corrected chi connectivity index (χ3v) is 5.57. The lowest BCUT2D eigenvalue weighted by Gasteiger charge is -2.11. The van der Waals surface area contributed by atoms with Crippen molar-refractivity contribution in [1.29, 1.82) is 0 Å². The van der Waals surface area contributed by atoms with Crippen LogP contribution >= 0.6 is 23.2 Å². The molecule has 1 aliphatic rings. The minimum Gasteiger partial charge on any atom is -0.352 e. The maximum Gasteiger partial charge on any atom is 0.252 e. The Balaban J connectivity index is 2.01. The molecule has 1 aliphatic heterocycles. The smallest absolute Gasteiger partial charge is 0.252 e. The van der Waals surface area contributed by atoms with Crippen LogP contribution in [0.2, 0.25) is 10.0 Å². The summed E-state index contributed by atoms with van der Waals surface area (Å²) in [5, 5.41) is 2.46. The Morgan fingerprint density at radius 1 is 1.35 bits per heavy atom. The van der Waals surface area contributed by atoms with Crippen molar-refractivity contribution >= 4 is 38.9 Å². The molecular formula is C12H12Cl2FNO3S. The fourth-order valence-electron chi connectivity index (χ4n) is 2.06. The fraction of sp³-hybridized carbons (Fsp3) is 0.417. The Labute approximate surface area is 126 Å². The number of carbonyl (C=O) groups excluding carboxylic acids is 1. The minimum absolute atomic E-state index is 0.0191. The molecule has 1 atom stereocenters. The predicted octanol–water partition coefficient (Wildman–Crippen LogP) is 2.30. The van der Waals surface area contributed by atoms with Gasteiger partial charge in [0.1, 0.15) is 5.82 Å². The van der Waals surface area contributed by atoms with Crippen LogP contribution in [0.4, 0.5) is 4.39 Å². The molecule has 0 aliphatic carbocycles. The van der Waals surface area contributed by atoms with E-state index in [4.69, 9.17) is 23.2 Å². The Hall–Kier alpha value is -0.850. The zero-order chi connectivity index (χ0) is 14.9. The first-order valence-corrected chi connectivity index (χ1v) is 8.49. The number of sulfone groups is 1. The van der Waals surface area contributed by atoms with Gasteiger partial charge in [-0.1, -0.05) is 23.2 Å². The number of hydrogen-bond donors (Lipinski definition) is 1. The highest BCUT2D eigenvalue weighted by molar-refractivity contribution is 7.91. The van der Waals surface area contributed by atoms with E-state index >= 15 is 0 Å². The Morgan fingerprint density at radius 2 is 2.05 bits per heavy atom. The van der Waals surface area contributed by atoms with Crippen LogP contribution in [0.1, 0.15) is 16.8 Å². The van der Waals surface area contributed by atoms with Crippen molar-refractivity contribution in [2.24, 2.45) is 5.92 Å². The second kappa shape index (κ2) is 5.87. The van der Waals surface area contributed by atoms with Crippen LogP contribution < -0.4 is 5.32 Å². The van der Waals surface area contributed by atoms with Crippen LogP contribution in [0.5, 0.6) is 0 Å². The molecule has 1 heterocycles. The van der Waals surface area contributed by atoms with Gasteiger partial charge in [-0.25, -0.2) is 12.8 Å². The number of benzene rings is 1. The molecule has 2 rings (SSSR count). The number of amides is 1. The van der Waals surface area contributed by atoms with Crippen LogP contribution in [0, 0.1) is 11.7 Å². The zero-order valence-corrected chi connectivity index (χ0v) is 12.7. The van der Waals surface area contributed by atoms with E-state index in [2.05, 4.69) is 5.32 Å². The highest BCUT2D eigenvalue weighted by Crippen LogP contribution is 2.24. The molecular weight excluding hydrogens is 328 g/mol. The summed E-state index contributed by atoms with van der Waals surface area (Å²) in [6.45, 7) is 0.221. The summed E-state index contributed by atoms with van der Waals surface area (Å²) in [7, 11) is -2.98. The first-order valence-electron chi connectivity index (χ1n) is 5.91. The van der Waals surface area contributed by atoms with Gasteiger partial charge in [-0.3, -0.25) is 4.79 Å². The van der Waals surface area contributed by atoms with Gasteiger partial charge in [-0.2, -0.15) is 0 Å². The molecule has 4 nitrogen and oxygen atoms in total. The van der Waals surface area contributed by atoms with Crippen molar-refractivity contribution in [2.45, 2.75) is 6.42 Å². The number of rotatable bonds is 3. The molecule has 8 heteroatoms. The summed E-state index contributed by atoms with van der Waals surface area (Å²) in [5.41, 5.74) is -0.0191. The number of carbonyl (C=O) groups is 1. The Kier molecular flexibility index (Phi) is 4.56. The first kappa shape index (κ1) is 15.5. The number of hydrogen-bond acceptors (Lipinski definition) is 3. The van der Waals surface area contributed by atoms with Crippen molar-refractivity contribution in [3.8, 4) is 0 Å². The molecule has 0 spiro atoms. The van der Waals surface area contributed by atoms with E-state index in [1.807, 2.05) is 0 Å². The Bertz CT molecular complexity index is 648. The maximum absolute atomic E-state index is 13.3. The molecule has 1 fully saturated rings. The van der Waals surface area contributed by atoms with Gasteiger partial charge in [-0.15, -0.1) is 0 Å². The quantitative estimate of drug-likeness (QED) is 0.859. The van der Waals surface area contributed by atoms with Gasteiger partial charge >= 0.3 is 0 Å². The van der Waals surface area contributed by atoms with Crippen molar-refractivity contribution in [3.05, 3.63) is 33.6 Å². The molecule has 1 saturated heterocycles. The molecule has 1 aromatic carbocycles. The second-order valence-electron chi connectivity index (χ2n) is 4.73. The maximum atomic E-state index is 13.3. The van der Waals surface area contributed by atoms with Crippen LogP contribution in [0.3, 0.4) is 0 Å². The van der Waals surface area contributed by atoms with Crippen LogP contribution in [-0.4, -0.2) is 32.4 Å². The second-order valence-corrected chi connectivity index (χ2v) is 7.77. The Morgan fingerprint density at radius 3 is 2.65 bits per heavy atom. The average Bonchev–Trinajstić information content (AvgIpc) is 2.70. The van der Waals surface area contributed by atoms with Gasteiger partial charge in [0.15, 0.2) is 9.84 Å². The SMILES string of the molecule is O=C(NC[C@H]1CCS(=O)(=O)C1)c1cc(F)c(Cl)cc1Cl. The first-order chi connectivity index (χ1) is 9.28. The molecule has 0 unspecified atom stereocenters. The molecule has 0 aromatic heterocycles. The molecule has 110 valence electrons. The van der Waals surface area contributed by atoms with E-state index in [1.54, 1.807) is 0 Å². The molecule has 20 heavy (non-hydrogen) atoms. The van der Waals surface area contributed by atoms with Crippen molar-refractivity contribution < 1.29 is 17.6 Å². The molecule has 0 radical (unpaired) electrons. The third-order valence-electron chi connectivity index (χ3n) is 3.13. The largest absolute Gasteiger partial charge is 0.352 e. The van der Waals surface area contributed by atoms with Crippen LogP contribution in [0.15, 0.2) is 12.1 Å². The van der Waals surface area contributed by atoms with Gasteiger partial charge in [0.05, 0.1) is 27.1 Å². The zero-order valence-electron chi connectivity index (χ0n) is 10.3. The number of halogens is 3. The van der Waals surface area contributed by atoms with Gasteiger partial charge in [0.2, 0.25) is 0 Å². The molecule has 1 amide bonds. The predicted molar refractivity (Wildman–Crippen MR) is 75.5 cm³/mol. The van der Waals surface area contributed by atoms with E-state index in [1.165, 1.54) is 0 Å². The highest BCUT2D eigenvalue weighted by Gasteiger charge is 2.28. The lowest BCUT2D eigenvalue weighted by atomic mass is 10.1. The summed E-state index contributed by atoms with van der Waals surface area (Å²) in [6.07, 6.45) is 0.519. The molecule has 0 saturated carbocycles. The molecule has 0 bridgehead atoms. The molecule has 1 N–H and O–H groups in total. The lowest BCUT2D eigenvalue weighted by molar-refractivity contribution is 0.0948. The van der Waals surface area contributed by atoms with Crippen molar-refractivity contribution in [3.63, 3.8) is 0 Å². The molecule has 1 aromatic rings. The van der Waals surface area contributed by atoms with E-state index in [-0.39, 0.29) is 39.6 Å². The van der Waals surface area contributed by atoms with Crippen LogP contribution in [-0.2, 0) is 9.84 Å². The van der Waals surface area contributed by atoms with Gasteiger partial charge in [0, 0.05) is 6.54 Å². The van der Waals surface area contributed by atoms with Crippen molar-refractivity contribution in [1.82, 2.24) is 5.32 Å². The van der Waals surface area contributed by atoms with Gasteiger partial charge in [-0.05, 0) is 24.5 Å². The number of nitrogens with one attached hydrogen (secondary N) is 1. The lowest BCUT2D eigenvalue weighted by Crippen LogP contribution is -2.30. The topological polar surface area (TPSA) is 63.2 Å². The minimum atomic E-state index is -2.98. The normalized spacial score (nSPS) is 20.9. The van der Waals surface area contributed by atoms with Gasteiger partial charge < -0.3 is 5.32 Å². The van der Waals surface area contributed by atoms with E-state index in [0.717, 1.165) is 12.1 Å². The summed E-state index contributed by atoms with van der Waals surface area (Å²) >= 11 is 11.4. The fourth-order valence-corrected chi connectivity index (χ4v) is 4.39. The van der Waals surface area contributed by atoms with Crippen molar-refractivity contribution in [2.75, 3.05) is 18.1 Å². The van der Waals surface area contributed by atoms with E-state index < -0.39 is 21.6 Å². The summed E-state index contributed by atoms with van der Waals surface area (Å²) < 4.78 is 35.9. The summed E-state index contributed by atoms with van der Waals surface area (Å²) in [6, 6.07) is 2.12.